The molecule has 0 radical (unpaired) electrons. The maximum Gasteiger partial charge on any atom is 0.253 e. The highest BCUT2D eigenvalue weighted by Gasteiger charge is 2.40. The highest BCUT2D eigenvalue weighted by atomic mass is 16.2. The van der Waals surface area contributed by atoms with Crippen LogP contribution in [0.3, 0.4) is 0 Å². The van der Waals surface area contributed by atoms with Crippen LogP contribution in [0.15, 0.2) is 0 Å². The van der Waals surface area contributed by atoms with E-state index in [2.05, 4.69) is 0 Å². The summed E-state index contributed by atoms with van der Waals surface area (Å²) < 4.78 is 0. The van der Waals surface area contributed by atoms with Crippen molar-refractivity contribution >= 4 is 5.91 Å². The maximum absolute atomic E-state index is 10.7. The Kier molecular flexibility index (Phi) is 1.63. The van der Waals surface area contributed by atoms with Gasteiger partial charge < -0.3 is 11.5 Å². The molecule has 58 valence electrons. The predicted molar refractivity (Wildman–Crippen MR) is 36.2 cm³/mol. The smallest absolute Gasteiger partial charge is 0.253 e. The molecule has 5 nitrogen and oxygen atoms in total. The molecule has 1 rings (SSSR count). The van der Waals surface area contributed by atoms with Gasteiger partial charge >= 0.3 is 0 Å². The quantitative estimate of drug-likeness (QED) is 0.374. The van der Waals surface area contributed by atoms with Gasteiger partial charge in [-0.1, -0.05) is 0 Å². The van der Waals surface area contributed by atoms with Crippen LogP contribution >= 0.6 is 0 Å². The van der Waals surface area contributed by atoms with E-state index in [-0.39, 0.29) is 0 Å². The lowest BCUT2D eigenvalue weighted by Crippen LogP contribution is -2.63. The van der Waals surface area contributed by atoms with Crippen molar-refractivity contribution in [1.82, 2.24) is 5.01 Å². The number of hydrazine groups is 1. The lowest BCUT2D eigenvalue weighted by atomic mass is 10.1. The first-order chi connectivity index (χ1) is 4.57. The monoisotopic (exact) mass is 144 g/mol. The first kappa shape index (κ1) is 7.46. The van der Waals surface area contributed by atoms with E-state index < -0.39 is 11.6 Å². The van der Waals surface area contributed by atoms with Crippen LogP contribution in [0.5, 0.6) is 0 Å². The van der Waals surface area contributed by atoms with Gasteiger partial charge in [-0.2, -0.15) is 0 Å². The maximum atomic E-state index is 10.7. The van der Waals surface area contributed by atoms with E-state index in [9.17, 15) is 4.79 Å². The zero-order valence-electron chi connectivity index (χ0n) is 5.71. The van der Waals surface area contributed by atoms with Crippen molar-refractivity contribution in [2.24, 2.45) is 17.3 Å². The summed E-state index contributed by atoms with van der Waals surface area (Å²) in [6, 6.07) is 0. The molecule has 1 amide bonds. The molecule has 0 saturated carbocycles. The van der Waals surface area contributed by atoms with Crippen molar-refractivity contribution < 1.29 is 4.79 Å². The van der Waals surface area contributed by atoms with Crippen LogP contribution in [0.4, 0.5) is 0 Å². The van der Waals surface area contributed by atoms with Crippen molar-refractivity contribution in [1.29, 1.82) is 0 Å². The fourth-order valence-electron chi connectivity index (χ4n) is 1.13. The Hall–Kier alpha value is -0.650. The van der Waals surface area contributed by atoms with Gasteiger partial charge in [0.05, 0.1) is 0 Å². The second-order valence-corrected chi connectivity index (χ2v) is 2.59. The summed E-state index contributed by atoms with van der Waals surface area (Å²) in [7, 11) is 0. The van der Waals surface area contributed by atoms with Gasteiger partial charge in [-0.25, -0.2) is 5.01 Å². The molecule has 0 unspecified atom stereocenters. The van der Waals surface area contributed by atoms with Crippen LogP contribution in [-0.2, 0) is 4.79 Å². The van der Waals surface area contributed by atoms with Crippen molar-refractivity contribution in [2.75, 3.05) is 6.54 Å². The second kappa shape index (κ2) is 2.19. The van der Waals surface area contributed by atoms with E-state index >= 15 is 0 Å². The van der Waals surface area contributed by atoms with Crippen molar-refractivity contribution in [3.05, 3.63) is 0 Å². The summed E-state index contributed by atoms with van der Waals surface area (Å²) in [6.45, 7) is 0.638. The first-order valence-corrected chi connectivity index (χ1v) is 3.18. The summed E-state index contributed by atoms with van der Waals surface area (Å²) >= 11 is 0. The average molecular weight is 144 g/mol. The third kappa shape index (κ3) is 0.880. The standard InChI is InChI=1S/C5H12N4O/c6-4(10)5(7)2-1-3-9(5)8/h1-3,7-8H2,(H2,6,10)/t5-/m0/s1. The normalized spacial score (nSPS) is 34.6. The average Bonchev–Trinajstić information content (AvgIpc) is 2.15. The summed E-state index contributed by atoms with van der Waals surface area (Å²) in [4.78, 5) is 10.7. The fourth-order valence-corrected chi connectivity index (χ4v) is 1.13. The highest BCUT2D eigenvalue weighted by molar-refractivity contribution is 5.84. The minimum atomic E-state index is -1.10. The van der Waals surface area contributed by atoms with Crippen molar-refractivity contribution in [3.8, 4) is 0 Å². The van der Waals surface area contributed by atoms with Gasteiger partial charge in [-0.15, -0.1) is 0 Å². The zero-order chi connectivity index (χ0) is 7.78. The molecule has 1 fully saturated rings. The van der Waals surface area contributed by atoms with Gasteiger partial charge in [0, 0.05) is 6.54 Å². The van der Waals surface area contributed by atoms with Gasteiger partial charge in [0.25, 0.3) is 5.91 Å². The Balaban J connectivity index is 2.75. The highest BCUT2D eigenvalue weighted by Crippen LogP contribution is 2.19. The summed E-state index contributed by atoms with van der Waals surface area (Å²) in [5.41, 5.74) is 9.51. The molecule has 0 aliphatic carbocycles. The first-order valence-electron chi connectivity index (χ1n) is 3.18. The largest absolute Gasteiger partial charge is 0.367 e. The minimum absolute atomic E-state index is 0.549. The molecule has 0 aromatic rings. The number of rotatable bonds is 1. The zero-order valence-corrected chi connectivity index (χ0v) is 5.71. The molecule has 1 aliphatic heterocycles. The molecule has 6 N–H and O–H groups in total. The van der Waals surface area contributed by atoms with Gasteiger partial charge in [0.15, 0.2) is 5.66 Å². The van der Waals surface area contributed by atoms with Crippen LogP contribution in [0.2, 0.25) is 0 Å². The molecule has 1 aliphatic rings. The van der Waals surface area contributed by atoms with Crippen LogP contribution in [0.1, 0.15) is 12.8 Å². The molecule has 0 spiro atoms. The summed E-state index contributed by atoms with van der Waals surface area (Å²) in [5.74, 6) is 4.87. The van der Waals surface area contributed by atoms with Gasteiger partial charge in [-0.05, 0) is 12.8 Å². The SMILES string of the molecule is NC(=O)[C@]1(N)CCCN1N. The number of primary amides is 1. The van der Waals surface area contributed by atoms with E-state index in [1.54, 1.807) is 0 Å². The van der Waals surface area contributed by atoms with Crippen molar-refractivity contribution in [3.63, 3.8) is 0 Å². The summed E-state index contributed by atoms with van der Waals surface area (Å²) in [5, 5.41) is 1.30. The van der Waals surface area contributed by atoms with Gasteiger partial charge in [0.2, 0.25) is 0 Å². The van der Waals surface area contributed by atoms with Crippen LogP contribution in [-0.4, -0.2) is 23.1 Å². The molecule has 10 heavy (non-hydrogen) atoms. The van der Waals surface area contributed by atoms with Crippen LogP contribution in [0.25, 0.3) is 0 Å². The van der Waals surface area contributed by atoms with Gasteiger partial charge in [-0.3, -0.25) is 10.6 Å². The topological polar surface area (TPSA) is 98.4 Å². The molecule has 5 heteroatoms. The van der Waals surface area contributed by atoms with Crippen molar-refractivity contribution in [2.45, 2.75) is 18.5 Å². The third-order valence-electron chi connectivity index (χ3n) is 1.90. The Morgan fingerprint density at radius 2 is 2.20 bits per heavy atom. The molecule has 0 aromatic carbocycles. The molecule has 0 bridgehead atoms. The Morgan fingerprint density at radius 3 is 2.40 bits per heavy atom. The second-order valence-electron chi connectivity index (χ2n) is 2.59. The third-order valence-corrected chi connectivity index (χ3v) is 1.90. The van der Waals surface area contributed by atoms with E-state index in [0.717, 1.165) is 6.42 Å². The molecule has 1 atom stereocenters. The van der Waals surface area contributed by atoms with E-state index in [4.69, 9.17) is 17.3 Å². The molecular weight excluding hydrogens is 132 g/mol. The predicted octanol–water partition coefficient (Wildman–Crippen LogP) is -1.90. The number of nitrogens with zero attached hydrogens (tertiary/aromatic N) is 1. The number of hydrogen-bond donors (Lipinski definition) is 3. The lowest BCUT2D eigenvalue weighted by molar-refractivity contribution is -0.128. The fraction of sp³-hybridized carbons (Fsp3) is 0.800. The van der Waals surface area contributed by atoms with Crippen LogP contribution < -0.4 is 17.3 Å². The molecule has 1 saturated heterocycles. The van der Waals surface area contributed by atoms with Crippen LogP contribution in [0, 0.1) is 0 Å². The van der Waals surface area contributed by atoms with E-state index in [0.29, 0.717) is 13.0 Å². The Labute approximate surface area is 59.1 Å². The number of carbonyl (C=O) groups excluding carboxylic acids is 1. The Morgan fingerprint density at radius 1 is 1.60 bits per heavy atom. The Bertz CT molecular complexity index is 160. The van der Waals surface area contributed by atoms with E-state index in [1.807, 2.05) is 0 Å². The minimum Gasteiger partial charge on any atom is -0.367 e. The molecule has 0 aromatic heterocycles. The number of amides is 1. The number of carbonyl (C=O) groups is 1. The van der Waals surface area contributed by atoms with Gasteiger partial charge in [0.1, 0.15) is 0 Å². The van der Waals surface area contributed by atoms with E-state index in [1.165, 1.54) is 5.01 Å². The number of hydrogen-bond acceptors (Lipinski definition) is 4. The number of nitrogens with two attached hydrogens (primary N) is 3. The molecule has 1 heterocycles. The lowest BCUT2D eigenvalue weighted by Gasteiger charge is -2.27. The molecular formula is C5H12N4O. The summed E-state index contributed by atoms with van der Waals surface area (Å²) in [6.07, 6.45) is 1.38.